The molecule has 184 valence electrons. The fourth-order valence-electron chi connectivity index (χ4n) is 3.97. The van der Waals surface area contributed by atoms with E-state index in [1.165, 1.54) is 29.5 Å². The van der Waals surface area contributed by atoms with Gasteiger partial charge in [0, 0.05) is 17.5 Å². The van der Waals surface area contributed by atoms with Crippen LogP contribution in [0.1, 0.15) is 38.9 Å². The molecule has 4 N–H and O–H groups in total. The van der Waals surface area contributed by atoms with Crippen LogP contribution in [-0.4, -0.2) is 30.7 Å². The first-order valence-corrected chi connectivity index (χ1v) is 11.0. The number of amides is 1. The van der Waals surface area contributed by atoms with Crippen molar-refractivity contribution in [3.63, 3.8) is 0 Å². The summed E-state index contributed by atoms with van der Waals surface area (Å²) in [5.41, 5.74) is 6.56. The van der Waals surface area contributed by atoms with E-state index in [1.54, 1.807) is 37.3 Å². The lowest BCUT2D eigenvalue weighted by Crippen LogP contribution is -2.31. The average molecular weight is 515 g/mol. The van der Waals surface area contributed by atoms with Crippen molar-refractivity contribution in [2.24, 2.45) is 5.73 Å². The Bertz CT molecular complexity index is 1490. The Morgan fingerprint density at radius 2 is 1.89 bits per heavy atom. The number of fused-ring (bicyclic) bond motifs is 1. The molecule has 36 heavy (non-hydrogen) atoms. The first-order valence-electron chi connectivity index (χ1n) is 10.6. The van der Waals surface area contributed by atoms with Crippen LogP contribution in [-0.2, 0) is 6.18 Å². The van der Waals surface area contributed by atoms with Gasteiger partial charge in [-0.1, -0.05) is 35.9 Å². The summed E-state index contributed by atoms with van der Waals surface area (Å²) in [6.45, 7) is 1.67. The number of anilines is 1. The molecule has 1 atom stereocenters. The molecule has 3 heterocycles. The minimum absolute atomic E-state index is 0.106. The number of alkyl halides is 3. The molecule has 0 fully saturated rings. The van der Waals surface area contributed by atoms with Gasteiger partial charge in [0.25, 0.3) is 5.91 Å². The van der Waals surface area contributed by atoms with Crippen LogP contribution in [0.2, 0.25) is 5.02 Å². The monoisotopic (exact) mass is 514 g/mol. The number of hydrogen-bond acceptors (Lipinski definition) is 6. The number of nitrogens with one attached hydrogen (secondary N) is 2. The number of rotatable bonds is 4. The van der Waals surface area contributed by atoms with E-state index < -0.39 is 29.5 Å². The third-order valence-electron chi connectivity index (χ3n) is 5.66. The Morgan fingerprint density at radius 1 is 1.17 bits per heavy atom. The molecule has 0 radical (unpaired) electrons. The number of carbonyl (C=O) groups is 1. The van der Waals surface area contributed by atoms with Gasteiger partial charge >= 0.3 is 6.18 Å². The SMILES string of the molecule is Cc1cc(-n2nccn2)c(Cl)cc1NC(=O)c1cnn(C2=CNC(N)c3ccccc32)c1C(F)(F)F. The highest BCUT2D eigenvalue weighted by molar-refractivity contribution is 6.32. The van der Waals surface area contributed by atoms with Crippen LogP contribution in [0.3, 0.4) is 0 Å². The molecule has 0 saturated carbocycles. The Labute approximate surface area is 207 Å². The molecule has 1 amide bonds. The molecule has 2 aromatic carbocycles. The molecule has 5 rings (SSSR count). The Balaban J connectivity index is 1.53. The highest BCUT2D eigenvalue weighted by Crippen LogP contribution is 2.37. The maximum Gasteiger partial charge on any atom is 0.434 e. The number of carbonyl (C=O) groups excluding carboxylic acids is 1. The zero-order chi connectivity index (χ0) is 25.6. The number of nitrogens with two attached hydrogens (primary N) is 1. The predicted molar refractivity (Wildman–Crippen MR) is 126 cm³/mol. The number of benzene rings is 2. The molecule has 0 bridgehead atoms. The summed E-state index contributed by atoms with van der Waals surface area (Å²) in [5, 5.41) is 17.5. The fraction of sp³-hybridized carbons (Fsp3) is 0.130. The van der Waals surface area contributed by atoms with E-state index in [9.17, 15) is 18.0 Å². The maximum atomic E-state index is 14.3. The Kier molecular flexibility index (Phi) is 5.77. The van der Waals surface area contributed by atoms with E-state index in [4.69, 9.17) is 17.3 Å². The highest BCUT2D eigenvalue weighted by atomic mass is 35.5. The predicted octanol–water partition coefficient (Wildman–Crippen LogP) is 4.10. The molecule has 1 unspecified atom stereocenters. The van der Waals surface area contributed by atoms with Gasteiger partial charge in [-0.05, 0) is 30.2 Å². The van der Waals surface area contributed by atoms with Crippen LogP contribution in [0, 0.1) is 6.92 Å². The molecule has 13 heteroatoms. The van der Waals surface area contributed by atoms with Crippen LogP contribution < -0.4 is 16.4 Å². The zero-order valence-electron chi connectivity index (χ0n) is 18.6. The van der Waals surface area contributed by atoms with Crippen molar-refractivity contribution in [2.45, 2.75) is 19.3 Å². The summed E-state index contributed by atoms with van der Waals surface area (Å²) >= 11 is 6.32. The maximum absolute atomic E-state index is 14.3. The second kappa shape index (κ2) is 8.81. The van der Waals surface area contributed by atoms with Gasteiger partial charge in [-0.15, -0.1) is 0 Å². The highest BCUT2D eigenvalue weighted by Gasteiger charge is 2.41. The third kappa shape index (κ3) is 4.10. The molecule has 1 aliphatic rings. The lowest BCUT2D eigenvalue weighted by atomic mass is 10.00. The van der Waals surface area contributed by atoms with Crippen molar-refractivity contribution < 1.29 is 18.0 Å². The van der Waals surface area contributed by atoms with Crippen LogP contribution >= 0.6 is 11.6 Å². The summed E-state index contributed by atoms with van der Waals surface area (Å²) in [6.07, 6.45) is -0.300. The minimum atomic E-state index is -4.89. The van der Waals surface area contributed by atoms with E-state index >= 15 is 0 Å². The van der Waals surface area contributed by atoms with Crippen molar-refractivity contribution in [3.8, 4) is 5.69 Å². The van der Waals surface area contributed by atoms with Gasteiger partial charge in [-0.3, -0.25) is 4.79 Å². The van der Waals surface area contributed by atoms with Crippen molar-refractivity contribution in [1.82, 2.24) is 30.1 Å². The van der Waals surface area contributed by atoms with E-state index in [1.807, 2.05) is 0 Å². The van der Waals surface area contributed by atoms with E-state index in [0.29, 0.717) is 27.1 Å². The molecule has 0 aliphatic carbocycles. The lowest BCUT2D eigenvalue weighted by molar-refractivity contribution is -0.142. The standard InChI is InChI=1S/C23H18ClF3N8O/c1-12-8-18(35-30-6-7-31-35)16(24)9-17(12)33-22(36)15-10-32-34(20(15)23(25,26)27)19-11-29-21(28)14-5-3-2-4-13(14)19/h2-11,21,29H,28H2,1H3,(H,33,36). The molecular formula is C23H18ClF3N8O. The van der Waals surface area contributed by atoms with Gasteiger partial charge in [0.05, 0.1) is 34.9 Å². The number of aryl methyl sites for hydroxylation is 1. The van der Waals surface area contributed by atoms with Crippen molar-refractivity contribution in [3.05, 3.63) is 94.2 Å². The van der Waals surface area contributed by atoms with E-state index in [2.05, 4.69) is 25.9 Å². The molecule has 4 aromatic rings. The van der Waals surface area contributed by atoms with Crippen LogP contribution in [0.25, 0.3) is 11.4 Å². The van der Waals surface area contributed by atoms with Gasteiger partial charge in [-0.2, -0.15) is 33.3 Å². The Morgan fingerprint density at radius 3 is 2.61 bits per heavy atom. The van der Waals surface area contributed by atoms with Crippen molar-refractivity contribution >= 4 is 28.9 Å². The number of nitrogens with zero attached hydrogens (tertiary/aromatic N) is 5. The second-order valence-corrected chi connectivity index (χ2v) is 8.38. The number of aromatic nitrogens is 5. The molecule has 1 aliphatic heterocycles. The Hall–Kier alpha value is -4.16. The topological polar surface area (TPSA) is 116 Å². The van der Waals surface area contributed by atoms with Gasteiger partial charge < -0.3 is 16.4 Å². The van der Waals surface area contributed by atoms with Gasteiger partial charge in [0.15, 0.2) is 5.69 Å². The molecule has 2 aromatic heterocycles. The van der Waals surface area contributed by atoms with Crippen molar-refractivity contribution in [1.29, 1.82) is 0 Å². The first-order chi connectivity index (χ1) is 17.1. The van der Waals surface area contributed by atoms with Crippen LogP contribution in [0.15, 0.2) is 61.2 Å². The molecule has 0 spiro atoms. The molecular weight excluding hydrogens is 497 g/mol. The smallest absolute Gasteiger partial charge is 0.370 e. The average Bonchev–Trinajstić information content (AvgIpc) is 3.52. The summed E-state index contributed by atoms with van der Waals surface area (Å²) in [4.78, 5) is 14.4. The normalized spacial score (nSPS) is 15.2. The lowest BCUT2D eigenvalue weighted by Gasteiger charge is -2.25. The third-order valence-corrected chi connectivity index (χ3v) is 5.96. The second-order valence-electron chi connectivity index (χ2n) is 7.97. The summed E-state index contributed by atoms with van der Waals surface area (Å²) < 4.78 is 43.4. The van der Waals surface area contributed by atoms with Crippen LogP contribution in [0.5, 0.6) is 0 Å². The quantitative estimate of drug-likeness (QED) is 0.377. The minimum Gasteiger partial charge on any atom is -0.370 e. The fourth-order valence-corrected chi connectivity index (χ4v) is 4.21. The largest absolute Gasteiger partial charge is 0.434 e. The molecule has 9 nitrogen and oxygen atoms in total. The summed E-state index contributed by atoms with van der Waals surface area (Å²) in [5.74, 6) is -0.993. The summed E-state index contributed by atoms with van der Waals surface area (Å²) in [6, 6.07) is 9.81. The van der Waals surface area contributed by atoms with Gasteiger partial charge in [-0.25, -0.2) is 4.68 Å². The number of hydrogen-bond donors (Lipinski definition) is 3. The van der Waals surface area contributed by atoms with Crippen molar-refractivity contribution in [2.75, 3.05) is 5.32 Å². The zero-order valence-corrected chi connectivity index (χ0v) is 19.3. The van der Waals surface area contributed by atoms with E-state index in [0.717, 1.165) is 6.20 Å². The van der Waals surface area contributed by atoms with E-state index in [-0.39, 0.29) is 16.4 Å². The number of halogens is 4. The first kappa shape index (κ1) is 23.6. The van der Waals surface area contributed by atoms with Gasteiger partial charge in [0.2, 0.25) is 0 Å². The van der Waals surface area contributed by atoms with Crippen LogP contribution in [0.4, 0.5) is 18.9 Å². The molecule has 0 saturated heterocycles. The summed E-state index contributed by atoms with van der Waals surface area (Å²) in [7, 11) is 0. The van der Waals surface area contributed by atoms with Gasteiger partial charge in [0.1, 0.15) is 11.9 Å².